The topological polar surface area (TPSA) is 86.8 Å². The summed E-state index contributed by atoms with van der Waals surface area (Å²) in [5.41, 5.74) is 4.15. The minimum atomic E-state index is -3.75. The molecular weight excluding hydrogens is 462 g/mol. The first-order valence-electron chi connectivity index (χ1n) is 12.2. The highest BCUT2D eigenvalue weighted by Gasteiger charge is 2.32. The molecule has 0 aliphatic heterocycles. The molecular formula is C27H39N3O4S. The van der Waals surface area contributed by atoms with Gasteiger partial charge in [0.2, 0.25) is 21.8 Å². The maximum absolute atomic E-state index is 13.7. The van der Waals surface area contributed by atoms with Gasteiger partial charge in [0.25, 0.3) is 0 Å². The van der Waals surface area contributed by atoms with Crippen LogP contribution in [0.3, 0.4) is 0 Å². The first kappa shape index (κ1) is 28.4. The van der Waals surface area contributed by atoms with Gasteiger partial charge in [0.15, 0.2) is 0 Å². The van der Waals surface area contributed by atoms with Crippen LogP contribution in [0.4, 0.5) is 5.69 Å². The molecule has 2 aromatic rings. The lowest BCUT2D eigenvalue weighted by atomic mass is 10.1. The molecule has 8 heteroatoms. The van der Waals surface area contributed by atoms with Crippen molar-refractivity contribution >= 4 is 27.5 Å². The zero-order valence-electron chi connectivity index (χ0n) is 21.8. The van der Waals surface area contributed by atoms with E-state index in [2.05, 4.69) is 5.32 Å². The lowest BCUT2D eigenvalue weighted by molar-refractivity contribution is -0.140. The fraction of sp³-hybridized carbons (Fsp3) is 0.481. The Morgan fingerprint density at radius 1 is 1.00 bits per heavy atom. The maximum atomic E-state index is 13.7. The van der Waals surface area contributed by atoms with Crippen LogP contribution in [0.1, 0.15) is 55.4 Å². The van der Waals surface area contributed by atoms with Crippen LogP contribution < -0.4 is 9.62 Å². The molecule has 0 bridgehead atoms. The third kappa shape index (κ3) is 8.09. The minimum absolute atomic E-state index is 0.213. The number of anilines is 1. The molecule has 0 aliphatic carbocycles. The zero-order valence-corrected chi connectivity index (χ0v) is 22.6. The molecule has 0 aliphatic rings. The number of carbonyl (C=O) groups is 2. The van der Waals surface area contributed by atoms with Gasteiger partial charge in [0.05, 0.1) is 11.9 Å². The van der Waals surface area contributed by atoms with Gasteiger partial charge in [-0.1, -0.05) is 67.8 Å². The fourth-order valence-electron chi connectivity index (χ4n) is 4.11. The second-order valence-electron chi connectivity index (χ2n) is 9.14. The molecule has 1 N–H and O–H groups in total. The van der Waals surface area contributed by atoms with E-state index in [4.69, 9.17) is 0 Å². The summed E-state index contributed by atoms with van der Waals surface area (Å²) >= 11 is 0. The molecule has 2 rings (SSSR count). The van der Waals surface area contributed by atoms with Crippen LogP contribution in [0, 0.1) is 20.8 Å². The summed E-state index contributed by atoms with van der Waals surface area (Å²) in [6, 6.07) is 12.5. The average molecular weight is 502 g/mol. The van der Waals surface area contributed by atoms with E-state index in [0.29, 0.717) is 18.7 Å². The van der Waals surface area contributed by atoms with E-state index >= 15 is 0 Å². The van der Waals surface area contributed by atoms with Crippen molar-refractivity contribution in [2.45, 2.75) is 66.5 Å². The fourth-order valence-corrected chi connectivity index (χ4v) is 5.02. The van der Waals surface area contributed by atoms with Crippen LogP contribution in [0.2, 0.25) is 0 Å². The molecule has 0 fully saturated rings. The summed E-state index contributed by atoms with van der Waals surface area (Å²) in [6.07, 6.45) is 3.31. The number of carbonyl (C=O) groups excluding carboxylic acids is 2. The van der Waals surface area contributed by atoms with Gasteiger partial charge in [-0.25, -0.2) is 8.42 Å². The number of nitrogens with one attached hydrogen (secondary N) is 1. The molecule has 0 aromatic heterocycles. The molecule has 0 saturated heterocycles. The molecule has 192 valence electrons. The van der Waals surface area contributed by atoms with Gasteiger partial charge in [-0.3, -0.25) is 13.9 Å². The number of nitrogens with zero attached hydrogens (tertiary/aromatic N) is 2. The van der Waals surface area contributed by atoms with Crippen molar-refractivity contribution < 1.29 is 18.0 Å². The minimum Gasteiger partial charge on any atom is -0.354 e. The smallest absolute Gasteiger partial charge is 0.244 e. The van der Waals surface area contributed by atoms with E-state index in [1.165, 1.54) is 4.90 Å². The van der Waals surface area contributed by atoms with Gasteiger partial charge in [0.1, 0.15) is 12.6 Å². The third-order valence-corrected chi connectivity index (χ3v) is 7.08. The molecule has 2 amide bonds. The highest BCUT2D eigenvalue weighted by molar-refractivity contribution is 7.92. The SMILES string of the molecule is CCCCNC(=O)[C@@H](CC)N(Cc1cccc(C)c1)C(=O)CN(c1ccc(C)cc1C)S(C)(=O)=O. The van der Waals surface area contributed by atoms with E-state index in [9.17, 15) is 18.0 Å². The molecule has 35 heavy (non-hydrogen) atoms. The zero-order chi connectivity index (χ0) is 26.2. The van der Waals surface area contributed by atoms with Crippen molar-refractivity contribution in [2.75, 3.05) is 23.7 Å². The van der Waals surface area contributed by atoms with Crippen molar-refractivity contribution in [1.82, 2.24) is 10.2 Å². The number of hydrogen-bond acceptors (Lipinski definition) is 4. The summed E-state index contributed by atoms with van der Waals surface area (Å²) in [6.45, 7) is 10.00. The molecule has 0 spiro atoms. The summed E-state index contributed by atoms with van der Waals surface area (Å²) < 4.78 is 26.6. The number of rotatable bonds is 12. The largest absolute Gasteiger partial charge is 0.354 e. The summed E-state index contributed by atoms with van der Waals surface area (Å²) in [7, 11) is -3.75. The van der Waals surface area contributed by atoms with E-state index in [0.717, 1.165) is 45.7 Å². The first-order chi connectivity index (χ1) is 16.5. The Balaban J connectivity index is 2.43. The monoisotopic (exact) mass is 501 g/mol. The number of sulfonamides is 1. The van der Waals surface area contributed by atoms with Crippen LogP contribution >= 0.6 is 0 Å². The number of benzene rings is 2. The van der Waals surface area contributed by atoms with Crippen molar-refractivity contribution in [3.8, 4) is 0 Å². The van der Waals surface area contributed by atoms with E-state index < -0.39 is 22.0 Å². The van der Waals surface area contributed by atoms with Crippen molar-refractivity contribution in [3.63, 3.8) is 0 Å². The Morgan fingerprint density at radius 2 is 1.69 bits per heavy atom. The predicted octanol–water partition coefficient (Wildman–Crippen LogP) is 4.10. The van der Waals surface area contributed by atoms with Crippen LogP contribution in [0.15, 0.2) is 42.5 Å². The Morgan fingerprint density at radius 3 is 2.26 bits per heavy atom. The second kappa shape index (κ2) is 12.7. The van der Waals surface area contributed by atoms with Crippen molar-refractivity contribution in [3.05, 3.63) is 64.7 Å². The van der Waals surface area contributed by atoms with Crippen molar-refractivity contribution in [1.29, 1.82) is 0 Å². The molecule has 0 radical (unpaired) electrons. The highest BCUT2D eigenvalue weighted by atomic mass is 32.2. The summed E-state index contributed by atoms with van der Waals surface area (Å²) in [5.74, 6) is -0.645. The Kier molecular flexibility index (Phi) is 10.3. The lowest BCUT2D eigenvalue weighted by Gasteiger charge is -2.33. The molecule has 7 nitrogen and oxygen atoms in total. The van der Waals surface area contributed by atoms with Gasteiger partial charge in [-0.05, 0) is 50.8 Å². The average Bonchev–Trinajstić information content (AvgIpc) is 2.77. The van der Waals surface area contributed by atoms with E-state index in [1.54, 1.807) is 6.07 Å². The van der Waals surface area contributed by atoms with Crippen LogP contribution in [0.25, 0.3) is 0 Å². The predicted molar refractivity (Wildman–Crippen MR) is 142 cm³/mol. The highest BCUT2D eigenvalue weighted by Crippen LogP contribution is 2.24. The third-order valence-electron chi connectivity index (χ3n) is 5.95. The molecule has 0 saturated carbocycles. The molecule has 0 unspecified atom stereocenters. The van der Waals surface area contributed by atoms with Crippen LogP contribution in [0.5, 0.6) is 0 Å². The first-order valence-corrected chi connectivity index (χ1v) is 14.0. The van der Waals surface area contributed by atoms with Gasteiger partial charge in [-0.15, -0.1) is 0 Å². The van der Waals surface area contributed by atoms with Gasteiger partial charge >= 0.3 is 0 Å². The standard InChI is InChI=1S/C27H39N3O4S/c1-7-9-15-28-27(32)24(8-2)29(18-23-12-10-11-20(3)17-23)26(31)19-30(35(6,33)34)25-14-13-21(4)16-22(25)5/h10-14,16-17,24H,7-9,15,18-19H2,1-6H3,(H,28,32)/t24-/m1/s1. The maximum Gasteiger partial charge on any atom is 0.244 e. The second-order valence-corrected chi connectivity index (χ2v) is 11.0. The number of amides is 2. The summed E-state index contributed by atoms with van der Waals surface area (Å²) in [4.78, 5) is 28.3. The van der Waals surface area contributed by atoms with E-state index in [-0.39, 0.29) is 19.0 Å². The molecule has 0 heterocycles. The van der Waals surface area contributed by atoms with Crippen LogP contribution in [-0.2, 0) is 26.2 Å². The summed E-state index contributed by atoms with van der Waals surface area (Å²) in [5, 5.41) is 2.93. The number of hydrogen-bond donors (Lipinski definition) is 1. The van der Waals surface area contributed by atoms with Gasteiger partial charge < -0.3 is 10.2 Å². The van der Waals surface area contributed by atoms with E-state index in [1.807, 2.05) is 71.0 Å². The quantitative estimate of drug-likeness (QED) is 0.444. The number of aryl methyl sites for hydroxylation is 3. The van der Waals surface area contributed by atoms with Gasteiger partial charge in [0, 0.05) is 13.1 Å². The molecule has 2 aromatic carbocycles. The van der Waals surface area contributed by atoms with Crippen LogP contribution in [-0.4, -0.2) is 50.5 Å². The van der Waals surface area contributed by atoms with Gasteiger partial charge in [-0.2, -0.15) is 0 Å². The Labute approximate surface area is 210 Å². The normalized spacial score (nSPS) is 12.2. The van der Waals surface area contributed by atoms with Crippen molar-refractivity contribution in [2.24, 2.45) is 0 Å². The lowest BCUT2D eigenvalue weighted by Crippen LogP contribution is -2.52. The Hall–Kier alpha value is -2.87. The number of unbranched alkanes of at least 4 members (excludes halogenated alkanes) is 1. The molecule has 1 atom stereocenters. The Bertz CT molecular complexity index is 1130.